The van der Waals surface area contributed by atoms with Gasteiger partial charge in [0.2, 0.25) is 5.78 Å². The second-order valence-electron chi connectivity index (χ2n) is 4.51. The predicted octanol–water partition coefficient (Wildman–Crippen LogP) is 3.97. The van der Waals surface area contributed by atoms with Crippen LogP contribution in [0.5, 0.6) is 5.75 Å². The summed E-state index contributed by atoms with van der Waals surface area (Å²) in [4.78, 5) is 12.0. The third-order valence-electron chi connectivity index (χ3n) is 1.93. The number of carbonyl (C=O) groups excluding carboxylic acids is 1. The zero-order valence-electron chi connectivity index (χ0n) is 9.46. The van der Waals surface area contributed by atoms with E-state index in [0.717, 1.165) is 0 Å². The van der Waals surface area contributed by atoms with E-state index in [9.17, 15) is 4.79 Å². The number of benzene rings is 1. The van der Waals surface area contributed by atoms with Crippen LogP contribution in [-0.2, 0) is 4.79 Å². The highest BCUT2D eigenvalue weighted by Gasteiger charge is 2.42. The summed E-state index contributed by atoms with van der Waals surface area (Å²) < 4.78 is 3.92. The summed E-state index contributed by atoms with van der Waals surface area (Å²) in [5.74, 6) is 0.331. The van der Waals surface area contributed by atoms with Gasteiger partial charge in [0.05, 0.1) is 0 Å². The molecule has 0 fully saturated rings. The van der Waals surface area contributed by atoms with Crippen molar-refractivity contribution in [3.05, 3.63) is 30.3 Å². The topological polar surface area (TPSA) is 26.3 Å². The second-order valence-corrected chi connectivity index (χ2v) is 6.62. The van der Waals surface area contributed by atoms with Gasteiger partial charge in [-0.25, -0.2) is 0 Å². The van der Waals surface area contributed by atoms with E-state index in [4.69, 9.17) is 16.3 Å². The predicted molar refractivity (Wildman–Crippen MR) is 69.0 cm³/mol. The fourth-order valence-corrected chi connectivity index (χ4v) is 2.27. The number of ketones is 1. The molecule has 0 aliphatic heterocycles. The Morgan fingerprint density at radius 1 is 1.25 bits per heavy atom. The van der Waals surface area contributed by atoms with Crippen molar-refractivity contribution < 1.29 is 9.53 Å². The van der Waals surface area contributed by atoms with E-state index in [1.165, 1.54) is 0 Å². The first kappa shape index (κ1) is 13.5. The Labute approximate surface area is 109 Å². The van der Waals surface area contributed by atoms with Crippen LogP contribution in [0.25, 0.3) is 0 Å². The maximum absolute atomic E-state index is 12.0. The molecule has 0 aliphatic carbocycles. The Bertz CT molecular complexity index is 368. The van der Waals surface area contributed by atoms with Crippen LogP contribution in [0.15, 0.2) is 30.3 Å². The molecule has 0 radical (unpaired) electrons. The lowest BCUT2D eigenvalue weighted by Gasteiger charge is -2.27. The Morgan fingerprint density at radius 3 is 2.19 bits per heavy atom. The highest BCUT2D eigenvalue weighted by molar-refractivity contribution is 9.10. The Morgan fingerprint density at radius 2 is 1.75 bits per heavy atom. The number of ether oxygens (including phenoxy) is 1. The van der Waals surface area contributed by atoms with Gasteiger partial charge in [0, 0.05) is 5.41 Å². The van der Waals surface area contributed by atoms with Crippen LogP contribution in [-0.4, -0.2) is 9.75 Å². The van der Waals surface area contributed by atoms with Gasteiger partial charge in [-0.2, -0.15) is 0 Å². The molecule has 0 saturated carbocycles. The van der Waals surface area contributed by atoms with Gasteiger partial charge in [-0.1, -0.05) is 50.6 Å². The SMILES string of the molecule is CC(C)(C)C(=O)C(Cl)(Br)Oc1ccccc1. The first-order chi connectivity index (χ1) is 7.23. The molecule has 2 nitrogen and oxygen atoms in total. The van der Waals surface area contributed by atoms with Crippen molar-refractivity contribution in [3.8, 4) is 5.75 Å². The Balaban J connectivity index is 2.84. The van der Waals surface area contributed by atoms with Gasteiger partial charge in [0.25, 0.3) is 3.97 Å². The molecular weight excluding hydrogens is 291 g/mol. The average molecular weight is 306 g/mol. The summed E-state index contributed by atoms with van der Waals surface area (Å²) in [6, 6.07) is 8.99. The van der Waals surface area contributed by atoms with Crippen LogP contribution < -0.4 is 4.74 Å². The minimum Gasteiger partial charge on any atom is -0.455 e. The smallest absolute Gasteiger partial charge is 0.296 e. The molecule has 1 aromatic carbocycles. The zero-order chi connectivity index (χ0) is 12.4. The maximum Gasteiger partial charge on any atom is 0.296 e. The van der Waals surface area contributed by atoms with Crippen LogP contribution in [0.2, 0.25) is 0 Å². The van der Waals surface area contributed by atoms with Gasteiger partial charge in [-0.05, 0) is 28.1 Å². The van der Waals surface area contributed by atoms with Gasteiger partial charge < -0.3 is 4.74 Å². The molecule has 1 rings (SSSR count). The molecule has 0 spiro atoms. The number of halogens is 2. The molecule has 0 heterocycles. The molecular formula is C12H14BrClO2. The third kappa shape index (κ3) is 3.49. The molecule has 0 bridgehead atoms. The number of para-hydroxylation sites is 1. The average Bonchev–Trinajstić information content (AvgIpc) is 2.16. The molecule has 88 valence electrons. The van der Waals surface area contributed by atoms with E-state index in [0.29, 0.717) is 5.75 Å². The Hall–Kier alpha value is -0.540. The summed E-state index contributed by atoms with van der Waals surface area (Å²) in [7, 11) is 0. The number of Topliss-reactive ketones (excluding diaryl/α,β-unsaturated/α-hetero) is 1. The van der Waals surface area contributed by atoms with Crippen LogP contribution in [0.4, 0.5) is 0 Å². The number of alkyl halides is 2. The quantitative estimate of drug-likeness (QED) is 0.790. The number of carbonyl (C=O) groups is 1. The first-order valence-corrected chi connectivity index (χ1v) is 6.07. The van der Waals surface area contributed by atoms with Crippen LogP contribution in [0.3, 0.4) is 0 Å². The van der Waals surface area contributed by atoms with Crippen LogP contribution in [0.1, 0.15) is 20.8 Å². The summed E-state index contributed by atoms with van der Waals surface area (Å²) in [6.45, 7) is 5.38. The molecule has 0 saturated heterocycles. The van der Waals surface area contributed by atoms with Gasteiger partial charge >= 0.3 is 0 Å². The van der Waals surface area contributed by atoms with Crippen molar-refractivity contribution in [2.45, 2.75) is 24.7 Å². The molecule has 0 amide bonds. The number of rotatable bonds is 3. The van der Waals surface area contributed by atoms with E-state index in [1.807, 2.05) is 18.2 Å². The van der Waals surface area contributed by atoms with Gasteiger partial charge in [0.1, 0.15) is 5.75 Å². The maximum atomic E-state index is 12.0. The Kier molecular flexibility index (Phi) is 4.02. The van der Waals surface area contributed by atoms with Crippen LogP contribution in [0, 0.1) is 5.41 Å². The van der Waals surface area contributed by atoms with E-state index in [1.54, 1.807) is 32.9 Å². The van der Waals surface area contributed by atoms with Crippen molar-refractivity contribution in [2.75, 3.05) is 0 Å². The molecule has 0 aromatic heterocycles. The molecule has 4 heteroatoms. The van der Waals surface area contributed by atoms with Crippen molar-refractivity contribution in [1.82, 2.24) is 0 Å². The van der Waals surface area contributed by atoms with E-state index in [-0.39, 0.29) is 5.78 Å². The van der Waals surface area contributed by atoms with Gasteiger partial charge in [-0.15, -0.1) is 0 Å². The largest absolute Gasteiger partial charge is 0.455 e. The van der Waals surface area contributed by atoms with E-state index >= 15 is 0 Å². The van der Waals surface area contributed by atoms with Crippen molar-refractivity contribution in [2.24, 2.45) is 5.41 Å². The molecule has 1 aromatic rings. The molecule has 1 atom stereocenters. The lowest BCUT2D eigenvalue weighted by atomic mass is 9.91. The normalized spacial score (nSPS) is 15.3. The first-order valence-electron chi connectivity index (χ1n) is 4.90. The van der Waals surface area contributed by atoms with Gasteiger partial charge in [0.15, 0.2) is 0 Å². The summed E-state index contributed by atoms with van der Waals surface area (Å²) in [6.07, 6.45) is 0. The van der Waals surface area contributed by atoms with Crippen LogP contribution >= 0.6 is 27.5 Å². The summed E-state index contributed by atoms with van der Waals surface area (Å²) >= 11 is 9.16. The highest BCUT2D eigenvalue weighted by Crippen LogP contribution is 2.35. The third-order valence-corrected chi connectivity index (χ3v) is 2.71. The lowest BCUT2D eigenvalue weighted by Crippen LogP contribution is -2.40. The minimum absolute atomic E-state index is 0.217. The van der Waals surface area contributed by atoms with Gasteiger partial charge in [-0.3, -0.25) is 4.79 Å². The lowest BCUT2D eigenvalue weighted by molar-refractivity contribution is -0.131. The standard InChI is InChI=1S/C12H14BrClO2/c1-11(2,3)10(15)12(13,14)16-9-7-5-4-6-8-9/h4-8H,1-3H3. The summed E-state index contributed by atoms with van der Waals surface area (Å²) in [5.41, 5.74) is -0.569. The monoisotopic (exact) mass is 304 g/mol. The van der Waals surface area contributed by atoms with Crippen molar-refractivity contribution in [3.63, 3.8) is 0 Å². The van der Waals surface area contributed by atoms with Crippen molar-refractivity contribution >= 4 is 33.3 Å². The van der Waals surface area contributed by atoms with E-state index < -0.39 is 9.38 Å². The minimum atomic E-state index is -1.51. The molecule has 1 unspecified atom stereocenters. The zero-order valence-corrected chi connectivity index (χ0v) is 11.8. The van der Waals surface area contributed by atoms with Crippen molar-refractivity contribution in [1.29, 1.82) is 0 Å². The fourth-order valence-electron chi connectivity index (χ4n) is 1.12. The molecule has 0 aliphatic rings. The molecule has 0 N–H and O–H groups in total. The summed E-state index contributed by atoms with van der Waals surface area (Å²) in [5, 5.41) is 0. The highest BCUT2D eigenvalue weighted by atomic mass is 79.9. The number of hydrogen-bond acceptors (Lipinski definition) is 2. The molecule has 16 heavy (non-hydrogen) atoms. The van der Waals surface area contributed by atoms with E-state index in [2.05, 4.69) is 15.9 Å². The second kappa shape index (κ2) is 4.76. The number of hydrogen-bond donors (Lipinski definition) is 0. The fraction of sp³-hybridized carbons (Fsp3) is 0.417.